The molecule has 0 bridgehead atoms. The number of rotatable bonds is 6. The lowest BCUT2D eigenvalue weighted by Gasteiger charge is -2.17. The van der Waals surface area contributed by atoms with E-state index >= 15 is 0 Å². The van der Waals surface area contributed by atoms with Crippen molar-refractivity contribution in [2.45, 2.75) is 32.6 Å². The van der Waals surface area contributed by atoms with Crippen LogP contribution in [0.2, 0.25) is 5.02 Å². The normalized spacial score (nSPS) is 16.5. The predicted molar refractivity (Wildman–Crippen MR) is 110 cm³/mol. The summed E-state index contributed by atoms with van der Waals surface area (Å²) in [5.41, 5.74) is 3.21. The average molecular weight is 398 g/mol. The summed E-state index contributed by atoms with van der Waals surface area (Å²) in [5, 5.41) is 8.37. The Labute approximate surface area is 169 Å². The molecule has 1 N–H and O–H groups in total. The van der Waals surface area contributed by atoms with Crippen molar-refractivity contribution in [3.8, 4) is 5.75 Å². The van der Waals surface area contributed by atoms with Crippen molar-refractivity contribution in [1.82, 2.24) is 20.2 Å². The summed E-state index contributed by atoms with van der Waals surface area (Å²) in [6.45, 7) is 6.45. The molecular weight excluding hydrogens is 374 g/mol. The number of nitrogens with one attached hydrogen (secondary N) is 1. The monoisotopic (exact) mass is 397 g/mol. The van der Waals surface area contributed by atoms with E-state index in [9.17, 15) is 0 Å². The maximum Gasteiger partial charge on any atom is 0.132 e. The molecular formula is C21H24ClN5O. The van der Waals surface area contributed by atoms with E-state index in [1.807, 2.05) is 38.1 Å². The zero-order valence-electron chi connectivity index (χ0n) is 16.2. The molecule has 1 saturated heterocycles. The topological polar surface area (TPSA) is 66.9 Å². The minimum absolute atomic E-state index is 0.412. The molecule has 146 valence electrons. The van der Waals surface area contributed by atoms with Gasteiger partial charge in [0.2, 0.25) is 0 Å². The van der Waals surface area contributed by atoms with Crippen LogP contribution in [0.1, 0.15) is 35.2 Å². The van der Waals surface area contributed by atoms with E-state index in [0.717, 1.165) is 60.4 Å². The first kappa shape index (κ1) is 18.7. The number of nitrogens with zero attached hydrogens (tertiary/aromatic N) is 4. The van der Waals surface area contributed by atoms with Crippen LogP contribution in [0, 0.1) is 13.8 Å². The summed E-state index contributed by atoms with van der Waals surface area (Å²) in [6, 6.07) is 11.7. The molecule has 1 atom stereocenters. The van der Waals surface area contributed by atoms with Crippen LogP contribution in [0.3, 0.4) is 0 Å². The van der Waals surface area contributed by atoms with Crippen molar-refractivity contribution in [3.63, 3.8) is 0 Å². The van der Waals surface area contributed by atoms with Crippen molar-refractivity contribution in [2.75, 3.05) is 24.6 Å². The second kappa shape index (κ2) is 8.19. The van der Waals surface area contributed by atoms with Crippen LogP contribution < -0.4 is 9.64 Å². The summed E-state index contributed by atoms with van der Waals surface area (Å²) in [6.07, 6.45) is 1.85. The summed E-state index contributed by atoms with van der Waals surface area (Å²) in [4.78, 5) is 11.3. The van der Waals surface area contributed by atoms with Gasteiger partial charge in [-0.3, -0.25) is 5.10 Å². The van der Waals surface area contributed by atoms with Gasteiger partial charge in [0.15, 0.2) is 0 Å². The van der Waals surface area contributed by atoms with Crippen LogP contribution in [0.25, 0.3) is 0 Å². The van der Waals surface area contributed by atoms with E-state index in [4.69, 9.17) is 16.3 Å². The first-order valence-electron chi connectivity index (χ1n) is 9.56. The molecule has 3 heterocycles. The number of hydrogen-bond donors (Lipinski definition) is 1. The fourth-order valence-electron chi connectivity index (χ4n) is 3.62. The minimum atomic E-state index is 0.412. The highest BCUT2D eigenvalue weighted by Crippen LogP contribution is 2.29. The number of aryl methyl sites for hydroxylation is 2. The smallest absolute Gasteiger partial charge is 0.132 e. The number of aromatic nitrogens is 4. The number of anilines is 1. The zero-order valence-corrected chi connectivity index (χ0v) is 16.9. The standard InChI is InChI=1S/C21H24ClN5O/c1-14-10-21(24-15(2)23-14)27-8-6-16(13-27)20-12-18(25-26-20)7-9-28-19-5-3-4-17(22)11-19/h3-5,10-12,16H,6-9,13H2,1-2H3,(H,25,26)/t16-/m0/s1. The Morgan fingerprint density at radius 1 is 1.21 bits per heavy atom. The van der Waals surface area contributed by atoms with Gasteiger partial charge in [-0.05, 0) is 44.5 Å². The molecule has 1 aliphatic heterocycles. The van der Waals surface area contributed by atoms with E-state index in [1.165, 1.54) is 0 Å². The van der Waals surface area contributed by atoms with Crippen molar-refractivity contribution < 1.29 is 4.74 Å². The molecule has 6 nitrogen and oxygen atoms in total. The van der Waals surface area contributed by atoms with Gasteiger partial charge in [0.1, 0.15) is 17.4 Å². The number of H-pyrrole nitrogens is 1. The molecule has 0 radical (unpaired) electrons. The summed E-state index contributed by atoms with van der Waals surface area (Å²) < 4.78 is 5.77. The minimum Gasteiger partial charge on any atom is -0.493 e. The Morgan fingerprint density at radius 3 is 2.93 bits per heavy atom. The maximum absolute atomic E-state index is 5.98. The molecule has 0 saturated carbocycles. The molecule has 0 amide bonds. The quantitative estimate of drug-likeness (QED) is 0.678. The zero-order chi connectivity index (χ0) is 19.5. The van der Waals surface area contributed by atoms with Gasteiger partial charge in [-0.15, -0.1) is 0 Å². The van der Waals surface area contributed by atoms with Gasteiger partial charge in [-0.2, -0.15) is 5.10 Å². The molecule has 0 spiro atoms. The molecule has 0 unspecified atom stereocenters. The third kappa shape index (κ3) is 4.44. The van der Waals surface area contributed by atoms with E-state index in [0.29, 0.717) is 17.5 Å². The Kier molecular flexibility index (Phi) is 5.48. The Morgan fingerprint density at radius 2 is 2.11 bits per heavy atom. The number of aromatic amines is 1. The van der Waals surface area contributed by atoms with Gasteiger partial charge in [-0.1, -0.05) is 17.7 Å². The van der Waals surface area contributed by atoms with Crippen LogP contribution >= 0.6 is 11.6 Å². The van der Waals surface area contributed by atoms with Crippen LogP contribution in [-0.2, 0) is 6.42 Å². The number of benzene rings is 1. The first-order valence-corrected chi connectivity index (χ1v) is 9.94. The van der Waals surface area contributed by atoms with Crippen molar-refractivity contribution >= 4 is 17.4 Å². The number of hydrogen-bond acceptors (Lipinski definition) is 5. The molecule has 0 aliphatic carbocycles. The number of halogens is 1. The molecule has 28 heavy (non-hydrogen) atoms. The summed E-state index contributed by atoms with van der Waals surface area (Å²) >= 11 is 5.98. The first-order chi connectivity index (χ1) is 13.6. The molecule has 1 aromatic carbocycles. The predicted octanol–water partition coefficient (Wildman–Crippen LogP) is 4.09. The summed E-state index contributed by atoms with van der Waals surface area (Å²) in [7, 11) is 0. The van der Waals surface area contributed by atoms with Gasteiger partial charge < -0.3 is 9.64 Å². The van der Waals surface area contributed by atoms with Gasteiger partial charge >= 0.3 is 0 Å². The van der Waals surface area contributed by atoms with Crippen molar-refractivity contribution in [2.24, 2.45) is 0 Å². The molecule has 1 fully saturated rings. The van der Waals surface area contributed by atoms with Gasteiger partial charge in [0, 0.05) is 47.9 Å². The Balaban J connectivity index is 1.33. The second-order valence-electron chi connectivity index (χ2n) is 7.22. The SMILES string of the molecule is Cc1cc(N2CC[C@H](c3cc(CCOc4cccc(Cl)c4)[nH]n3)C2)nc(C)n1. The second-order valence-corrected chi connectivity index (χ2v) is 7.66. The van der Waals surface area contributed by atoms with Crippen LogP contribution in [0.4, 0.5) is 5.82 Å². The Hall–Kier alpha value is -2.60. The molecule has 7 heteroatoms. The number of ether oxygens (including phenoxy) is 1. The lowest BCUT2D eigenvalue weighted by Crippen LogP contribution is -2.21. The van der Waals surface area contributed by atoms with Crippen LogP contribution in [0.15, 0.2) is 36.4 Å². The maximum atomic E-state index is 5.98. The van der Waals surface area contributed by atoms with Crippen LogP contribution in [-0.4, -0.2) is 39.9 Å². The van der Waals surface area contributed by atoms with Crippen LogP contribution in [0.5, 0.6) is 5.75 Å². The van der Waals surface area contributed by atoms with Crippen molar-refractivity contribution in [1.29, 1.82) is 0 Å². The Bertz CT molecular complexity index is 937. The molecule has 4 rings (SSSR count). The summed E-state index contributed by atoms with van der Waals surface area (Å²) in [5.74, 6) is 3.03. The van der Waals surface area contributed by atoms with E-state index < -0.39 is 0 Å². The van der Waals surface area contributed by atoms with Crippen molar-refractivity contribution in [3.05, 3.63) is 64.3 Å². The van der Waals surface area contributed by atoms with E-state index in [-0.39, 0.29) is 0 Å². The molecule has 1 aliphatic rings. The largest absolute Gasteiger partial charge is 0.493 e. The molecule has 3 aromatic rings. The lowest BCUT2D eigenvalue weighted by atomic mass is 10.0. The van der Waals surface area contributed by atoms with Gasteiger partial charge in [0.25, 0.3) is 0 Å². The third-order valence-electron chi connectivity index (χ3n) is 4.97. The highest BCUT2D eigenvalue weighted by Gasteiger charge is 2.27. The van der Waals surface area contributed by atoms with Gasteiger partial charge in [-0.25, -0.2) is 9.97 Å². The lowest BCUT2D eigenvalue weighted by molar-refractivity contribution is 0.320. The average Bonchev–Trinajstić information content (AvgIpc) is 3.30. The highest BCUT2D eigenvalue weighted by molar-refractivity contribution is 6.30. The fourth-order valence-corrected chi connectivity index (χ4v) is 3.80. The molecule has 2 aromatic heterocycles. The third-order valence-corrected chi connectivity index (χ3v) is 5.21. The van der Waals surface area contributed by atoms with E-state index in [2.05, 4.69) is 37.2 Å². The fraction of sp³-hybridized carbons (Fsp3) is 0.381. The van der Waals surface area contributed by atoms with E-state index in [1.54, 1.807) is 0 Å². The van der Waals surface area contributed by atoms with Gasteiger partial charge in [0.05, 0.1) is 12.3 Å². The highest BCUT2D eigenvalue weighted by atomic mass is 35.5.